The molecule has 6 rings (SSSR count). The summed E-state index contributed by atoms with van der Waals surface area (Å²) in [6.07, 6.45) is -4.53. The van der Waals surface area contributed by atoms with E-state index in [9.17, 15) is 31.5 Å². The van der Waals surface area contributed by atoms with E-state index in [2.05, 4.69) is 31.3 Å². The Labute approximate surface area is 226 Å². The van der Waals surface area contributed by atoms with E-state index in [1.807, 2.05) is 0 Å². The second-order valence-electron chi connectivity index (χ2n) is 9.08. The Hall–Kier alpha value is -4.59. The lowest BCUT2D eigenvalue weighted by atomic mass is 9.89. The van der Waals surface area contributed by atoms with Crippen LogP contribution in [-0.4, -0.2) is 39.1 Å². The molecule has 0 saturated carbocycles. The molecule has 1 unspecified atom stereocenters. The minimum absolute atomic E-state index is 0.0265. The fourth-order valence-electron chi connectivity index (χ4n) is 5.02. The van der Waals surface area contributed by atoms with Crippen molar-refractivity contribution < 1.29 is 31.5 Å². The Morgan fingerprint density at radius 1 is 1.10 bits per heavy atom. The number of urea groups is 1. The summed E-state index contributed by atoms with van der Waals surface area (Å²) in [6, 6.07) is 4.93. The third-order valence-electron chi connectivity index (χ3n) is 6.69. The molecule has 0 spiro atoms. The zero-order valence-electron chi connectivity index (χ0n) is 19.9. The van der Waals surface area contributed by atoms with Crippen LogP contribution in [0.15, 0.2) is 42.5 Å². The molecule has 2 aliphatic rings. The first-order chi connectivity index (χ1) is 19.0. The Morgan fingerprint density at radius 2 is 1.90 bits per heavy atom. The highest BCUT2D eigenvalue weighted by atomic mass is 35.5. The van der Waals surface area contributed by atoms with Gasteiger partial charge in [-0.3, -0.25) is 9.69 Å². The van der Waals surface area contributed by atoms with Crippen LogP contribution in [0, 0.1) is 11.6 Å². The summed E-state index contributed by atoms with van der Waals surface area (Å²) in [5.74, 6) is -2.83. The van der Waals surface area contributed by atoms with Gasteiger partial charge < -0.3 is 10.6 Å². The number of carbonyl (C=O) groups is 2. The number of benzene rings is 3. The molecule has 0 bridgehead atoms. The Morgan fingerprint density at radius 3 is 2.62 bits per heavy atom. The van der Waals surface area contributed by atoms with Gasteiger partial charge in [0.25, 0.3) is 5.91 Å². The van der Waals surface area contributed by atoms with E-state index in [1.54, 1.807) is 0 Å². The van der Waals surface area contributed by atoms with Crippen LogP contribution < -0.4 is 15.5 Å². The van der Waals surface area contributed by atoms with Crippen molar-refractivity contribution in [3.05, 3.63) is 86.9 Å². The number of amides is 3. The maximum absolute atomic E-state index is 14.3. The summed E-state index contributed by atoms with van der Waals surface area (Å²) in [5.41, 5.74) is -0.0440. The maximum atomic E-state index is 14.3. The average Bonchev–Trinajstić information content (AvgIpc) is 3.59. The maximum Gasteiger partial charge on any atom is 0.416 e. The first-order valence-corrected chi connectivity index (χ1v) is 12.0. The van der Waals surface area contributed by atoms with Gasteiger partial charge in [0.1, 0.15) is 11.6 Å². The van der Waals surface area contributed by atoms with Crippen molar-refractivity contribution in [1.29, 1.82) is 0 Å². The number of nitrogens with one attached hydrogen (secondary N) is 3. The molecular weight excluding hydrogens is 561 g/mol. The standard InChI is InChI=1S/C25H15ClF5N7O2/c26-17-2-1-12(27)8-16(17)20-19-18(32-23(39)10-5-11(25(29,30)31)7-13(28)6-10)9-15(22-34-36-37-35-22)14-3-4-38(21(14)19)24(40)33-20/h1-2,5-9,20H,3-4H2,(H,32,39)(H,33,40)(H,34,35,36,37). The molecule has 3 heterocycles. The van der Waals surface area contributed by atoms with Gasteiger partial charge in [-0.15, -0.1) is 10.2 Å². The molecular formula is C25H15ClF5N7O2. The summed E-state index contributed by atoms with van der Waals surface area (Å²) >= 11 is 6.38. The minimum atomic E-state index is -4.90. The number of rotatable bonds is 4. The highest BCUT2D eigenvalue weighted by molar-refractivity contribution is 6.31. The highest BCUT2D eigenvalue weighted by Gasteiger charge is 2.41. The second-order valence-corrected chi connectivity index (χ2v) is 9.49. The molecule has 15 heteroatoms. The molecule has 0 aliphatic carbocycles. The molecule has 3 N–H and O–H groups in total. The summed E-state index contributed by atoms with van der Waals surface area (Å²) in [5, 5.41) is 19.3. The van der Waals surface area contributed by atoms with Crippen LogP contribution in [-0.2, 0) is 12.6 Å². The molecule has 9 nitrogen and oxygen atoms in total. The topological polar surface area (TPSA) is 116 Å². The smallest absolute Gasteiger partial charge is 0.327 e. The van der Waals surface area contributed by atoms with Gasteiger partial charge >= 0.3 is 12.2 Å². The van der Waals surface area contributed by atoms with Gasteiger partial charge in [-0.1, -0.05) is 11.6 Å². The fourth-order valence-corrected chi connectivity index (χ4v) is 5.25. The number of anilines is 2. The number of aromatic amines is 1. The zero-order valence-corrected chi connectivity index (χ0v) is 20.7. The molecule has 3 amide bonds. The monoisotopic (exact) mass is 575 g/mol. The third-order valence-corrected chi connectivity index (χ3v) is 7.04. The van der Waals surface area contributed by atoms with Gasteiger partial charge in [0.15, 0.2) is 0 Å². The highest BCUT2D eigenvalue weighted by Crippen LogP contribution is 2.49. The molecule has 1 atom stereocenters. The first-order valence-electron chi connectivity index (χ1n) is 11.7. The van der Waals surface area contributed by atoms with Crippen LogP contribution in [0.1, 0.15) is 38.7 Å². The zero-order chi connectivity index (χ0) is 28.3. The molecule has 3 aromatic carbocycles. The average molecular weight is 576 g/mol. The summed E-state index contributed by atoms with van der Waals surface area (Å²) in [7, 11) is 0. The van der Waals surface area contributed by atoms with Crippen molar-refractivity contribution in [2.45, 2.75) is 18.6 Å². The van der Waals surface area contributed by atoms with Gasteiger partial charge in [0.05, 0.1) is 17.3 Å². The lowest BCUT2D eigenvalue weighted by Crippen LogP contribution is -2.46. The van der Waals surface area contributed by atoms with Crippen LogP contribution in [0.4, 0.5) is 38.1 Å². The summed E-state index contributed by atoms with van der Waals surface area (Å²) < 4.78 is 68.3. The number of aromatic nitrogens is 4. The van der Waals surface area contributed by atoms with E-state index in [-0.39, 0.29) is 34.7 Å². The quantitative estimate of drug-likeness (QED) is 0.288. The number of hydrogen-bond donors (Lipinski definition) is 3. The van der Waals surface area contributed by atoms with Gasteiger partial charge in [-0.2, -0.15) is 18.4 Å². The van der Waals surface area contributed by atoms with Gasteiger partial charge in [0, 0.05) is 39.5 Å². The number of nitrogens with zero attached hydrogens (tertiary/aromatic N) is 4. The number of carbonyl (C=O) groups excluding carboxylic acids is 2. The van der Waals surface area contributed by atoms with E-state index in [4.69, 9.17) is 11.6 Å². The molecule has 40 heavy (non-hydrogen) atoms. The largest absolute Gasteiger partial charge is 0.416 e. The van der Waals surface area contributed by atoms with Crippen molar-refractivity contribution in [3.8, 4) is 11.4 Å². The molecule has 0 fully saturated rings. The van der Waals surface area contributed by atoms with E-state index in [0.717, 1.165) is 12.1 Å². The van der Waals surface area contributed by atoms with Crippen molar-refractivity contribution in [3.63, 3.8) is 0 Å². The van der Waals surface area contributed by atoms with Crippen molar-refractivity contribution in [2.75, 3.05) is 16.8 Å². The van der Waals surface area contributed by atoms with E-state index in [1.165, 1.54) is 17.0 Å². The van der Waals surface area contributed by atoms with E-state index in [0.29, 0.717) is 40.9 Å². The van der Waals surface area contributed by atoms with E-state index < -0.39 is 46.9 Å². The molecule has 2 aliphatic heterocycles. The fraction of sp³-hybridized carbons (Fsp3) is 0.160. The number of alkyl halides is 3. The predicted octanol–water partition coefficient (Wildman–Crippen LogP) is 5.24. The third kappa shape index (κ3) is 4.29. The second kappa shape index (κ2) is 9.26. The van der Waals surface area contributed by atoms with Crippen molar-refractivity contribution >= 4 is 34.9 Å². The predicted molar refractivity (Wildman–Crippen MR) is 132 cm³/mol. The van der Waals surface area contributed by atoms with E-state index >= 15 is 0 Å². The first kappa shape index (κ1) is 25.7. The summed E-state index contributed by atoms with van der Waals surface area (Å²) in [4.78, 5) is 27.8. The van der Waals surface area contributed by atoms with Gasteiger partial charge in [-0.05, 0) is 59.7 Å². The van der Waals surface area contributed by atoms with Crippen LogP contribution in [0.5, 0.6) is 0 Å². The van der Waals surface area contributed by atoms with Crippen molar-refractivity contribution in [1.82, 2.24) is 25.9 Å². The molecule has 204 valence electrons. The number of tetrazole rings is 1. The van der Waals surface area contributed by atoms with Crippen molar-refractivity contribution in [2.24, 2.45) is 0 Å². The minimum Gasteiger partial charge on any atom is -0.327 e. The SMILES string of the molecule is O=C(Nc1cc(-c2nn[nH]n2)c2c3c1C(c1cc(F)ccc1Cl)NC(=O)N3CC2)c1cc(F)cc(C(F)(F)F)c1. The lowest BCUT2D eigenvalue weighted by molar-refractivity contribution is -0.137. The molecule has 1 aromatic heterocycles. The normalized spacial score (nSPS) is 16.1. The van der Waals surface area contributed by atoms with Crippen LogP contribution in [0.3, 0.4) is 0 Å². The Balaban J connectivity index is 1.55. The lowest BCUT2D eigenvalue weighted by Gasteiger charge is -2.35. The summed E-state index contributed by atoms with van der Waals surface area (Å²) in [6.45, 7) is 0.249. The number of hydrogen-bond acceptors (Lipinski definition) is 5. The number of H-pyrrole nitrogens is 1. The number of halogens is 6. The van der Waals surface area contributed by atoms with Gasteiger partial charge in [0.2, 0.25) is 5.82 Å². The van der Waals surface area contributed by atoms with Gasteiger partial charge in [-0.25, -0.2) is 13.6 Å². The molecule has 0 radical (unpaired) electrons. The molecule has 0 saturated heterocycles. The van der Waals surface area contributed by atoms with Crippen LogP contribution in [0.2, 0.25) is 5.02 Å². The Bertz CT molecular complexity index is 1690. The molecule has 4 aromatic rings. The van der Waals surface area contributed by atoms with Crippen LogP contribution in [0.25, 0.3) is 11.4 Å². The van der Waals surface area contributed by atoms with Crippen LogP contribution >= 0.6 is 11.6 Å². The Kier molecular flexibility index (Phi) is 5.94.